The first kappa shape index (κ1) is 12.4. The van der Waals surface area contributed by atoms with Crippen LogP contribution in [0.2, 0.25) is 0 Å². The number of nitrogens with zero attached hydrogens (tertiary/aromatic N) is 3. The molecule has 1 saturated heterocycles. The molecule has 0 N–H and O–H groups in total. The Bertz CT molecular complexity index is 552. The molecule has 1 aromatic carbocycles. The van der Waals surface area contributed by atoms with E-state index in [0.29, 0.717) is 5.92 Å². The van der Waals surface area contributed by atoms with Gasteiger partial charge in [-0.15, -0.1) is 0 Å². The van der Waals surface area contributed by atoms with Crippen LogP contribution in [0.25, 0.3) is 11.0 Å². The van der Waals surface area contributed by atoms with Crippen LogP contribution in [0.4, 0.5) is 5.82 Å². The van der Waals surface area contributed by atoms with Crippen molar-refractivity contribution in [2.75, 3.05) is 31.7 Å². The van der Waals surface area contributed by atoms with E-state index in [-0.39, 0.29) is 0 Å². The van der Waals surface area contributed by atoms with E-state index in [1.165, 1.54) is 12.8 Å². The first-order valence-corrected chi connectivity index (χ1v) is 6.83. The third kappa shape index (κ3) is 2.84. The standard InChI is InChI=1S/C15H19N3O/c1-18(10-12-5-4-8-19-11-12)15-9-16-13-6-2-3-7-14(13)17-15/h2-3,6-7,9,12H,4-5,8,10-11H2,1H3/t12-/m1/s1. The molecule has 1 aliphatic heterocycles. The highest BCUT2D eigenvalue weighted by Crippen LogP contribution is 2.19. The number of ether oxygens (including phenoxy) is 1. The normalized spacial score (nSPS) is 19.5. The van der Waals surface area contributed by atoms with Crippen molar-refractivity contribution in [1.82, 2.24) is 9.97 Å². The average molecular weight is 257 g/mol. The number of anilines is 1. The maximum Gasteiger partial charge on any atom is 0.147 e. The Balaban J connectivity index is 1.75. The van der Waals surface area contributed by atoms with Crippen LogP contribution in [0, 0.1) is 5.92 Å². The van der Waals surface area contributed by atoms with Gasteiger partial charge in [-0.05, 0) is 30.9 Å². The molecule has 2 heterocycles. The number of hydrogen-bond donors (Lipinski definition) is 0. The Kier molecular flexibility index (Phi) is 3.60. The van der Waals surface area contributed by atoms with Crippen molar-refractivity contribution in [2.24, 2.45) is 5.92 Å². The molecule has 3 rings (SSSR count). The Morgan fingerprint density at radius 2 is 2.16 bits per heavy atom. The second kappa shape index (κ2) is 5.53. The molecule has 1 atom stereocenters. The number of para-hydroxylation sites is 2. The maximum absolute atomic E-state index is 5.53. The summed E-state index contributed by atoms with van der Waals surface area (Å²) in [4.78, 5) is 11.3. The van der Waals surface area contributed by atoms with E-state index < -0.39 is 0 Å². The molecule has 0 radical (unpaired) electrons. The fourth-order valence-corrected chi connectivity index (χ4v) is 2.56. The average Bonchev–Trinajstić information content (AvgIpc) is 2.48. The van der Waals surface area contributed by atoms with Gasteiger partial charge in [-0.2, -0.15) is 0 Å². The molecule has 2 aromatic rings. The number of hydrogen-bond acceptors (Lipinski definition) is 4. The predicted molar refractivity (Wildman–Crippen MR) is 76.4 cm³/mol. The Morgan fingerprint density at radius 3 is 2.95 bits per heavy atom. The van der Waals surface area contributed by atoms with E-state index in [1.807, 2.05) is 30.5 Å². The zero-order valence-electron chi connectivity index (χ0n) is 11.2. The number of rotatable bonds is 3. The summed E-state index contributed by atoms with van der Waals surface area (Å²) >= 11 is 0. The first-order valence-electron chi connectivity index (χ1n) is 6.83. The van der Waals surface area contributed by atoms with E-state index in [4.69, 9.17) is 4.74 Å². The van der Waals surface area contributed by atoms with Gasteiger partial charge in [0.2, 0.25) is 0 Å². The van der Waals surface area contributed by atoms with Crippen LogP contribution in [0.1, 0.15) is 12.8 Å². The minimum absolute atomic E-state index is 0.604. The molecule has 1 aromatic heterocycles. The van der Waals surface area contributed by atoms with Gasteiger partial charge in [0.15, 0.2) is 0 Å². The summed E-state index contributed by atoms with van der Waals surface area (Å²) in [7, 11) is 2.08. The van der Waals surface area contributed by atoms with Gasteiger partial charge in [-0.1, -0.05) is 12.1 Å². The van der Waals surface area contributed by atoms with Gasteiger partial charge in [0.25, 0.3) is 0 Å². The second-order valence-electron chi connectivity index (χ2n) is 5.18. The molecule has 0 aliphatic carbocycles. The molecule has 100 valence electrons. The zero-order chi connectivity index (χ0) is 13.1. The monoisotopic (exact) mass is 257 g/mol. The van der Waals surface area contributed by atoms with E-state index in [1.54, 1.807) is 0 Å². The van der Waals surface area contributed by atoms with Gasteiger partial charge in [0.1, 0.15) is 5.82 Å². The van der Waals surface area contributed by atoms with Gasteiger partial charge < -0.3 is 9.64 Å². The molecule has 0 amide bonds. The SMILES string of the molecule is CN(C[C@H]1CCCOC1)c1cnc2ccccc2n1. The highest BCUT2D eigenvalue weighted by atomic mass is 16.5. The molecule has 1 fully saturated rings. The van der Waals surface area contributed by atoms with Crippen molar-refractivity contribution >= 4 is 16.9 Å². The molecule has 0 bridgehead atoms. The van der Waals surface area contributed by atoms with Crippen molar-refractivity contribution < 1.29 is 4.74 Å². The third-order valence-corrected chi connectivity index (χ3v) is 3.61. The molecule has 1 aliphatic rings. The minimum Gasteiger partial charge on any atom is -0.381 e. The third-order valence-electron chi connectivity index (χ3n) is 3.61. The van der Waals surface area contributed by atoms with Crippen LogP contribution in [-0.4, -0.2) is 36.8 Å². The number of fused-ring (bicyclic) bond motifs is 1. The van der Waals surface area contributed by atoms with E-state index in [9.17, 15) is 0 Å². The number of benzene rings is 1. The summed E-state index contributed by atoms with van der Waals surface area (Å²) < 4.78 is 5.53. The summed E-state index contributed by atoms with van der Waals surface area (Å²) in [5.41, 5.74) is 1.90. The van der Waals surface area contributed by atoms with Gasteiger partial charge in [-0.3, -0.25) is 4.98 Å². The minimum atomic E-state index is 0.604. The van der Waals surface area contributed by atoms with Crippen molar-refractivity contribution in [3.8, 4) is 0 Å². The van der Waals surface area contributed by atoms with Gasteiger partial charge >= 0.3 is 0 Å². The Morgan fingerprint density at radius 1 is 1.32 bits per heavy atom. The van der Waals surface area contributed by atoms with Crippen molar-refractivity contribution in [3.63, 3.8) is 0 Å². The number of aromatic nitrogens is 2. The van der Waals surface area contributed by atoms with Gasteiger partial charge in [-0.25, -0.2) is 4.98 Å². The van der Waals surface area contributed by atoms with Crippen LogP contribution < -0.4 is 4.90 Å². The molecular weight excluding hydrogens is 238 g/mol. The highest BCUT2D eigenvalue weighted by molar-refractivity contribution is 5.75. The van der Waals surface area contributed by atoms with Gasteiger partial charge in [0.05, 0.1) is 23.8 Å². The van der Waals surface area contributed by atoms with Crippen LogP contribution in [0.3, 0.4) is 0 Å². The molecule has 0 saturated carbocycles. The first-order chi connectivity index (χ1) is 9.33. The Hall–Kier alpha value is -1.68. The van der Waals surface area contributed by atoms with E-state index in [2.05, 4.69) is 21.9 Å². The lowest BCUT2D eigenvalue weighted by Gasteiger charge is -2.27. The van der Waals surface area contributed by atoms with Crippen molar-refractivity contribution in [3.05, 3.63) is 30.5 Å². The lowest BCUT2D eigenvalue weighted by Crippen LogP contribution is -2.31. The molecule has 4 nitrogen and oxygen atoms in total. The quantitative estimate of drug-likeness (QED) is 0.846. The summed E-state index contributed by atoms with van der Waals surface area (Å²) in [5.74, 6) is 1.54. The predicted octanol–water partition coefficient (Wildman–Crippen LogP) is 2.49. The van der Waals surface area contributed by atoms with E-state index in [0.717, 1.165) is 36.6 Å². The fraction of sp³-hybridized carbons (Fsp3) is 0.467. The molecular formula is C15H19N3O. The van der Waals surface area contributed by atoms with Crippen molar-refractivity contribution in [1.29, 1.82) is 0 Å². The van der Waals surface area contributed by atoms with Crippen molar-refractivity contribution in [2.45, 2.75) is 12.8 Å². The van der Waals surface area contributed by atoms with E-state index >= 15 is 0 Å². The zero-order valence-corrected chi connectivity index (χ0v) is 11.2. The van der Waals surface area contributed by atoms with Gasteiger partial charge in [0, 0.05) is 20.2 Å². The summed E-state index contributed by atoms with van der Waals surface area (Å²) in [6.45, 7) is 2.76. The van der Waals surface area contributed by atoms with Crippen LogP contribution in [0.15, 0.2) is 30.5 Å². The maximum atomic E-state index is 5.53. The smallest absolute Gasteiger partial charge is 0.147 e. The van der Waals surface area contributed by atoms with Crippen LogP contribution in [-0.2, 0) is 4.74 Å². The Labute approximate surface area is 113 Å². The summed E-state index contributed by atoms with van der Waals surface area (Å²) in [6, 6.07) is 7.97. The molecule has 19 heavy (non-hydrogen) atoms. The summed E-state index contributed by atoms with van der Waals surface area (Å²) in [5, 5.41) is 0. The topological polar surface area (TPSA) is 38.2 Å². The lowest BCUT2D eigenvalue weighted by atomic mass is 10.0. The molecule has 0 unspecified atom stereocenters. The highest BCUT2D eigenvalue weighted by Gasteiger charge is 2.16. The largest absolute Gasteiger partial charge is 0.381 e. The molecule has 4 heteroatoms. The van der Waals surface area contributed by atoms with Crippen LogP contribution in [0.5, 0.6) is 0 Å². The molecule has 0 spiro atoms. The lowest BCUT2D eigenvalue weighted by molar-refractivity contribution is 0.0576. The second-order valence-corrected chi connectivity index (χ2v) is 5.18. The summed E-state index contributed by atoms with van der Waals surface area (Å²) in [6.07, 6.45) is 4.26. The van der Waals surface area contributed by atoms with Crippen LogP contribution >= 0.6 is 0 Å². The fourth-order valence-electron chi connectivity index (χ4n) is 2.56.